The second kappa shape index (κ2) is 5.55. The third kappa shape index (κ3) is 3.34. The Morgan fingerprint density at radius 2 is 1.89 bits per heavy atom. The van der Waals surface area contributed by atoms with Crippen molar-refractivity contribution in [2.75, 3.05) is 0 Å². The molecule has 1 N–H and O–H groups in total. The van der Waals surface area contributed by atoms with Crippen LogP contribution in [0.25, 0.3) is 0 Å². The molecule has 0 amide bonds. The van der Waals surface area contributed by atoms with Gasteiger partial charge >= 0.3 is 5.97 Å². The number of hydrogen-bond acceptors (Lipinski definition) is 1. The van der Waals surface area contributed by atoms with Gasteiger partial charge in [0.05, 0.1) is 5.41 Å². The van der Waals surface area contributed by atoms with Gasteiger partial charge < -0.3 is 5.11 Å². The molecule has 2 nitrogen and oxygen atoms in total. The number of hydrogen-bond donors (Lipinski definition) is 1. The highest BCUT2D eigenvalue weighted by Crippen LogP contribution is 2.27. The zero-order valence-corrected chi connectivity index (χ0v) is 12.1. The zero-order chi connectivity index (χ0) is 13.9. The quantitative estimate of drug-likeness (QED) is 0.854. The second-order valence-electron chi connectivity index (χ2n) is 5.90. The van der Waals surface area contributed by atoms with Crippen LogP contribution in [0.5, 0.6) is 0 Å². The Balaban J connectivity index is 3.13. The molecular weight excluding hydrogens is 224 g/mol. The van der Waals surface area contributed by atoms with Crippen molar-refractivity contribution in [2.45, 2.75) is 53.4 Å². The predicted molar refractivity (Wildman–Crippen MR) is 75.0 cm³/mol. The van der Waals surface area contributed by atoms with E-state index in [1.54, 1.807) is 13.8 Å². The van der Waals surface area contributed by atoms with Crippen LogP contribution in [0.15, 0.2) is 18.2 Å². The van der Waals surface area contributed by atoms with Gasteiger partial charge in [-0.15, -0.1) is 0 Å². The summed E-state index contributed by atoms with van der Waals surface area (Å²) >= 11 is 0. The van der Waals surface area contributed by atoms with Crippen LogP contribution < -0.4 is 0 Å². The molecule has 1 aromatic carbocycles. The summed E-state index contributed by atoms with van der Waals surface area (Å²) in [6.07, 6.45) is 1.54. The molecule has 100 valence electrons. The molecule has 0 spiro atoms. The Bertz CT molecular complexity index is 431. The van der Waals surface area contributed by atoms with Gasteiger partial charge in [0.2, 0.25) is 0 Å². The molecule has 2 heteroatoms. The number of carbonyl (C=O) groups is 1. The van der Waals surface area contributed by atoms with Crippen LogP contribution in [0, 0.1) is 5.41 Å². The minimum absolute atomic E-state index is 0.475. The molecule has 0 aliphatic carbocycles. The van der Waals surface area contributed by atoms with Crippen molar-refractivity contribution < 1.29 is 9.90 Å². The first-order valence-corrected chi connectivity index (χ1v) is 6.63. The van der Waals surface area contributed by atoms with Gasteiger partial charge in [-0.2, -0.15) is 0 Å². The Kier molecular flexibility index (Phi) is 4.55. The minimum atomic E-state index is -0.737. The monoisotopic (exact) mass is 248 g/mol. The number of carboxylic acids is 1. The number of rotatable bonds is 5. The van der Waals surface area contributed by atoms with Crippen LogP contribution in [-0.4, -0.2) is 11.1 Å². The topological polar surface area (TPSA) is 37.3 Å². The fourth-order valence-electron chi connectivity index (χ4n) is 2.07. The van der Waals surface area contributed by atoms with Crippen LogP contribution >= 0.6 is 0 Å². The van der Waals surface area contributed by atoms with Gasteiger partial charge in [0.25, 0.3) is 0 Å². The van der Waals surface area contributed by atoms with Gasteiger partial charge in [-0.1, -0.05) is 39.0 Å². The molecule has 0 radical (unpaired) electrons. The van der Waals surface area contributed by atoms with Crippen LogP contribution in [0.2, 0.25) is 0 Å². The highest BCUT2D eigenvalue weighted by molar-refractivity contribution is 5.74. The van der Waals surface area contributed by atoms with E-state index in [0.717, 1.165) is 6.42 Å². The van der Waals surface area contributed by atoms with Gasteiger partial charge in [-0.05, 0) is 49.3 Å². The minimum Gasteiger partial charge on any atom is -0.481 e. The Hall–Kier alpha value is -1.31. The number of carboxylic acid groups (broad SMARTS) is 1. The molecule has 0 aromatic heterocycles. The Labute approximate surface area is 110 Å². The van der Waals surface area contributed by atoms with E-state index in [1.165, 1.54) is 16.7 Å². The van der Waals surface area contributed by atoms with Crippen molar-refractivity contribution in [3.05, 3.63) is 34.9 Å². The van der Waals surface area contributed by atoms with E-state index in [9.17, 15) is 9.90 Å². The highest BCUT2D eigenvalue weighted by atomic mass is 16.4. The maximum absolute atomic E-state index is 11.2. The molecule has 18 heavy (non-hydrogen) atoms. The molecule has 1 aromatic rings. The molecular formula is C16H24O2. The zero-order valence-electron chi connectivity index (χ0n) is 12.1. The number of aliphatic carboxylic acids is 1. The van der Waals surface area contributed by atoms with Crippen molar-refractivity contribution in [1.82, 2.24) is 0 Å². The molecule has 0 aliphatic rings. The lowest BCUT2D eigenvalue weighted by Gasteiger charge is -2.22. The molecule has 0 fully saturated rings. The summed E-state index contributed by atoms with van der Waals surface area (Å²) in [6, 6.07) is 6.47. The molecule has 1 rings (SSSR count). The van der Waals surface area contributed by atoms with E-state index in [0.29, 0.717) is 12.3 Å². The summed E-state index contributed by atoms with van der Waals surface area (Å²) in [5, 5.41) is 9.24. The van der Waals surface area contributed by atoms with E-state index < -0.39 is 11.4 Å². The first-order chi connectivity index (χ1) is 8.27. The third-order valence-electron chi connectivity index (χ3n) is 3.49. The maximum Gasteiger partial charge on any atom is 0.309 e. The average molecular weight is 248 g/mol. The Morgan fingerprint density at radius 3 is 2.33 bits per heavy atom. The van der Waals surface area contributed by atoms with Crippen LogP contribution in [-0.2, 0) is 17.6 Å². The molecule has 0 saturated carbocycles. The maximum atomic E-state index is 11.2. The van der Waals surface area contributed by atoms with Crippen molar-refractivity contribution >= 4 is 5.97 Å². The molecule has 0 bridgehead atoms. The SMILES string of the molecule is CCc1ccc(C(C)C)cc1CC(C)(C)C(=O)O. The normalized spacial score (nSPS) is 11.9. The van der Waals surface area contributed by atoms with Crippen molar-refractivity contribution in [3.63, 3.8) is 0 Å². The van der Waals surface area contributed by atoms with E-state index in [1.807, 2.05) is 0 Å². The fourth-order valence-corrected chi connectivity index (χ4v) is 2.07. The van der Waals surface area contributed by atoms with Crippen molar-refractivity contribution in [2.24, 2.45) is 5.41 Å². The van der Waals surface area contributed by atoms with E-state index in [4.69, 9.17) is 0 Å². The lowest BCUT2D eigenvalue weighted by molar-refractivity contribution is -0.146. The number of aryl methyl sites for hydroxylation is 1. The first-order valence-electron chi connectivity index (χ1n) is 6.63. The van der Waals surface area contributed by atoms with Crippen LogP contribution in [0.3, 0.4) is 0 Å². The molecule has 0 saturated heterocycles. The predicted octanol–water partition coefficient (Wildman–Crippen LogP) is 4.03. The lowest BCUT2D eigenvalue weighted by Crippen LogP contribution is -2.26. The summed E-state index contributed by atoms with van der Waals surface area (Å²) in [6.45, 7) is 10.0. The summed E-state index contributed by atoms with van der Waals surface area (Å²) in [5.41, 5.74) is 3.01. The third-order valence-corrected chi connectivity index (χ3v) is 3.49. The summed E-state index contributed by atoms with van der Waals surface area (Å²) in [7, 11) is 0. The fraction of sp³-hybridized carbons (Fsp3) is 0.562. The first kappa shape index (κ1) is 14.7. The van der Waals surface area contributed by atoms with Crippen LogP contribution in [0.1, 0.15) is 57.2 Å². The average Bonchev–Trinajstić information content (AvgIpc) is 2.28. The van der Waals surface area contributed by atoms with Gasteiger partial charge in [-0.3, -0.25) is 4.79 Å². The smallest absolute Gasteiger partial charge is 0.309 e. The highest BCUT2D eigenvalue weighted by Gasteiger charge is 2.28. The van der Waals surface area contributed by atoms with Crippen molar-refractivity contribution in [3.8, 4) is 0 Å². The van der Waals surface area contributed by atoms with Crippen LogP contribution in [0.4, 0.5) is 0 Å². The summed E-state index contributed by atoms with van der Waals surface area (Å²) in [4.78, 5) is 11.2. The Morgan fingerprint density at radius 1 is 1.28 bits per heavy atom. The molecule has 0 atom stereocenters. The van der Waals surface area contributed by atoms with Gasteiger partial charge in [0.15, 0.2) is 0 Å². The standard InChI is InChI=1S/C16H24O2/c1-6-12-7-8-13(11(2)3)9-14(12)10-16(4,5)15(17)18/h7-9,11H,6,10H2,1-5H3,(H,17,18). The number of benzene rings is 1. The van der Waals surface area contributed by atoms with E-state index in [2.05, 4.69) is 39.0 Å². The molecule has 0 heterocycles. The van der Waals surface area contributed by atoms with E-state index in [-0.39, 0.29) is 0 Å². The van der Waals surface area contributed by atoms with Gasteiger partial charge in [0, 0.05) is 0 Å². The molecule has 0 unspecified atom stereocenters. The largest absolute Gasteiger partial charge is 0.481 e. The lowest BCUT2D eigenvalue weighted by atomic mass is 9.82. The second-order valence-corrected chi connectivity index (χ2v) is 5.90. The van der Waals surface area contributed by atoms with E-state index >= 15 is 0 Å². The summed E-state index contributed by atoms with van der Waals surface area (Å²) < 4.78 is 0. The summed E-state index contributed by atoms with van der Waals surface area (Å²) in [5.74, 6) is -0.262. The molecule has 0 aliphatic heterocycles. The van der Waals surface area contributed by atoms with Crippen molar-refractivity contribution in [1.29, 1.82) is 0 Å². The van der Waals surface area contributed by atoms with Gasteiger partial charge in [0.1, 0.15) is 0 Å². The van der Waals surface area contributed by atoms with Gasteiger partial charge in [-0.25, -0.2) is 0 Å².